The molecule has 18 heavy (non-hydrogen) atoms. The lowest BCUT2D eigenvalue weighted by Crippen LogP contribution is -2.07. The van der Waals surface area contributed by atoms with Crippen molar-refractivity contribution in [2.24, 2.45) is 0 Å². The predicted octanol–water partition coefficient (Wildman–Crippen LogP) is 2.58. The van der Waals surface area contributed by atoms with E-state index in [0.717, 1.165) is 0 Å². The second-order valence-electron chi connectivity index (χ2n) is 3.40. The molecule has 0 radical (unpaired) electrons. The van der Waals surface area contributed by atoms with E-state index in [4.69, 9.17) is 14.2 Å². The van der Waals surface area contributed by atoms with Crippen LogP contribution in [-0.4, -0.2) is 30.9 Å². The van der Waals surface area contributed by atoms with E-state index in [9.17, 15) is 9.90 Å². The summed E-state index contributed by atoms with van der Waals surface area (Å²) >= 11 is 0. The Morgan fingerprint density at radius 2 is 1.67 bits per heavy atom. The molecule has 1 N–H and O–H groups in total. The summed E-state index contributed by atoms with van der Waals surface area (Å²) in [5.41, 5.74) is 0.0475. The molecule has 0 aromatic heterocycles. The van der Waals surface area contributed by atoms with Crippen molar-refractivity contribution >= 4 is 5.97 Å². The summed E-state index contributed by atoms with van der Waals surface area (Å²) in [5.74, 6) is 0.0285. The quantitative estimate of drug-likeness (QED) is 0.810. The van der Waals surface area contributed by atoms with Gasteiger partial charge in [0.05, 0.1) is 19.8 Å². The van der Waals surface area contributed by atoms with Gasteiger partial charge in [-0.05, 0) is 26.8 Å². The van der Waals surface area contributed by atoms with Crippen molar-refractivity contribution in [3.8, 4) is 17.2 Å². The number of hydrogen-bond donors (Lipinski definition) is 1. The molecule has 5 nitrogen and oxygen atoms in total. The molecular weight excluding hydrogens is 236 g/mol. The molecular formula is C13H18O5. The first kappa shape index (κ1) is 14.2. The van der Waals surface area contributed by atoms with Gasteiger partial charge in [0, 0.05) is 6.07 Å². The van der Waals surface area contributed by atoms with Gasteiger partial charge in [-0.2, -0.15) is 0 Å². The third kappa shape index (κ3) is 3.29. The molecule has 0 aliphatic heterocycles. The van der Waals surface area contributed by atoms with Crippen LogP contribution in [0.2, 0.25) is 0 Å². The summed E-state index contributed by atoms with van der Waals surface area (Å²) in [6.07, 6.45) is 0. The van der Waals surface area contributed by atoms with E-state index < -0.39 is 5.97 Å². The van der Waals surface area contributed by atoms with Gasteiger partial charge in [-0.3, -0.25) is 0 Å². The molecule has 0 fully saturated rings. The van der Waals surface area contributed by atoms with Crippen molar-refractivity contribution in [2.75, 3.05) is 19.8 Å². The summed E-state index contributed by atoms with van der Waals surface area (Å²) in [7, 11) is 0. The van der Waals surface area contributed by atoms with Crippen LogP contribution < -0.4 is 14.2 Å². The highest BCUT2D eigenvalue weighted by atomic mass is 16.5. The molecule has 0 bridgehead atoms. The highest BCUT2D eigenvalue weighted by Gasteiger charge is 2.19. The average Bonchev–Trinajstić information content (AvgIpc) is 2.32. The minimum Gasteiger partial charge on any atom is -0.494 e. The standard InChI is InChI=1S/C13H18O5/c1-4-16-9-7-10(13(14)15)12(18-6-3)11(8-9)17-5-2/h7-8H,4-6H2,1-3H3,(H,14,15). The van der Waals surface area contributed by atoms with Crippen molar-refractivity contribution in [2.45, 2.75) is 20.8 Å². The Morgan fingerprint density at radius 1 is 1.06 bits per heavy atom. The number of rotatable bonds is 7. The molecule has 5 heteroatoms. The van der Waals surface area contributed by atoms with Gasteiger partial charge >= 0.3 is 5.97 Å². The third-order valence-electron chi connectivity index (χ3n) is 2.16. The molecule has 0 aliphatic carbocycles. The summed E-state index contributed by atoms with van der Waals surface area (Å²) in [6.45, 7) is 6.69. The van der Waals surface area contributed by atoms with Gasteiger partial charge in [0.15, 0.2) is 11.5 Å². The molecule has 0 atom stereocenters. The molecule has 0 heterocycles. The molecule has 0 aliphatic rings. The maximum Gasteiger partial charge on any atom is 0.339 e. The Kier molecular flexibility index (Phi) is 5.30. The molecule has 100 valence electrons. The van der Waals surface area contributed by atoms with Crippen LogP contribution in [-0.2, 0) is 0 Å². The number of ether oxygens (including phenoxy) is 3. The number of benzene rings is 1. The second-order valence-corrected chi connectivity index (χ2v) is 3.40. The van der Waals surface area contributed by atoms with Gasteiger partial charge in [0.25, 0.3) is 0 Å². The number of carbonyl (C=O) groups is 1. The Labute approximate surface area is 106 Å². The minimum atomic E-state index is -1.07. The lowest BCUT2D eigenvalue weighted by Gasteiger charge is -2.15. The third-order valence-corrected chi connectivity index (χ3v) is 2.16. The number of carboxylic acids is 1. The Morgan fingerprint density at radius 3 is 2.17 bits per heavy atom. The van der Waals surface area contributed by atoms with Crippen molar-refractivity contribution in [1.82, 2.24) is 0 Å². The molecule has 1 aromatic rings. The lowest BCUT2D eigenvalue weighted by molar-refractivity contribution is 0.0691. The van der Waals surface area contributed by atoms with Crippen LogP contribution in [0.25, 0.3) is 0 Å². The molecule has 0 amide bonds. The monoisotopic (exact) mass is 254 g/mol. The Balaban J connectivity index is 3.29. The van der Waals surface area contributed by atoms with Gasteiger partial charge < -0.3 is 19.3 Å². The van der Waals surface area contributed by atoms with Gasteiger partial charge in [0.1, 0.15) is 11.3 Å². The predicted molar refractivity (Wildman–Crippen MR) is 66.9 cm³/mol. The summed E-state index contributed by atoms with van der Waals surface area (Å²) in [4.78, 5) is 11.2. The van der Waals surface area contributed by atoms with Crippen LogP contribution in [0.5, 0.6) is 17.2 Å². The zero-order valence-corrected chi connectivity index (χ0v) is 10.9. The van der Waals surface area contributed by atoms with Crippen molar-refractivity contribution in [1.29, 1.82) is 0 Å². The zero-order valence-electron chi connectivity index (χ0n) is 10.9. The van der Waals surface area contributed by atoms with Crippen LogP contribution in [0.4, 0.5) is 0 Å². The lowest BCUT2D eigenvalue weighted by atomic mass is 10.1. The molecule has 0 saturated heterocycles. The van der Waals surface area contributed by atoms with Crippen LogP contribution >= 0.6 is 0 Å². The van der Waals surface area contributed by atoms with Gasteiger partial charge in [-0.1, -0.05) is 0 Å². The SMILES string of the molecule is CCOc1cc(OCC)c(OCC)c(C(=O)O)c1. The summed E-state index contributed by atoms with van der Waals surface area (Å²) in [6, 6.07) is 3.09. The number of hydrogen-bond acceptors (Lipinski definition) is 4. The first-order valence-electron chi connectivity index (χ1n) is 5.93. The second kappa shape index (κ2) is 6.74. The zero-order chi connectivity index (χ0) is 13.5. The Bertz CT molecular complexity index is 414. The average molecular weight is 254 g/mol. The van der Waals surface area contributed by atoms with E-state index in [1.54, 1.807) is 13.0 Å². The highest BCUT2D eigenvalue weighted by Crippen LogP contribution is 2.36. The van der Waals surface area contributed by atoms with Crippen LogP contribution in [0.1, 0.15) is 31.1 Å². The van der Waals surface area contributed by atoms with E-state index in [0.29, 0.717) is 31.3 Å². The summed E-state index contributed by atoms with van der Waals surface area (Å²) < 4.78 is 16.1. The molecule has 0 saturated carbocycles. The molecule has 0 unspecified atom stereocenters. The number of aromatic carboxylic acids is 1. The largest absolute Gasteiger partial charge is 0.494 e. The van der Waals surface area contributed by atoms with Crippen molar-refractivity contribution in [3.05, 3.63) is 17.7 Å². The minimum absolute atomic E-state index is 0.0475. The van der Waals surface area contributed by atoms with Gasteiger partial charge in [-0.25, -0.2) is 4.79 Å². The van der Waals surface area contributed by atoms with Crippen LogP contribution in [0.15, 0.2) is 12.1 Å². The molecule has 1 rings (SSSR count). The van der Waals surface area contributed by atoms with E-state index in [2.05, 4.69) is 0 Å². The fraction of sp³-hybridized carbons (Fsp3) is 0.462. The molecule has 1 aromatic carbocycles. The van der Waals surface area contributed by atoms with Crippen LogP contribution in [0.3, 0.4) is 0 Å². The highest BCUT2D eigenvalue weighted by molar-refractivity contribution is 5.92. The number of carboxylic acid groups (broad SMARTS) is 1. The fourth-order valence-corrected chi connectivity index (χ4v) is 1.54. The van der Waals surface area contributed by atoms with Crippen molar-refractivity contribution < 1.29 is 24.1 Å². The van der Waals surface area contributed by atoms with Crippen molar-refractivity contribution in [3.63, 3.8) is 0 Å². The smallest absolute Gasteiger partial charge is 0.339 e. The molecule has 0 spiro atoms. The maximum atomic E-state index is 11.2. The normalized spacial score (nSPS) is 9.94. The Hall–Kier alpha value is -1.91. The maximum absolute atomic E-state index is 11.2. The fourth-order valence-electron chi connectivity index (χ4n) is 1.54. The van der Waals surface area contributed by atoms with E-state index in [-0.39, 0.29) is 11.3 Å². The van der Waals surface area contributed by atoms with E-state index in [1.165, 1.54) is 6.07 Å². The van der Waals surface area contributed by atoms with Crippen LogP contribution in [0, 0.1) is 0 Å². The first-order chi connectivity index (χ1) is 8.63. The van der Waals surface area contributed by atoms with E-state index >= 15 is 0 Å². The van der Waals surface area contributed by atoms with E-state index in [1.807, 2.05) is 13.8 Å². The topological polar surface area (TPSA) is 65.0 Å². The van der Waals surface area contributed by atoms with Gasteiger partial charge in [0.2, 0.25) is 0 Å². The van der Waals surface area contributed by atoms with Gasteiger partial charge in [-0.15, -0.1) is 0 Å². The first-order valence-corrected chi connectivity index (χ1v) is 5.93. The summed E-state index contributed by atoms with van der Waals surface area (Å²) in [5, 5.41) is 9.19.